The highest BCUT2D eigenvalue weighted by Crippen LogP contribution is 2.46. The first-order valence-electron chi connectivity index (χ1n) is 9.03. The van der Waals surface area contributed by atoms with E-state index in [2.05, 4.69) is 88.4 Å². The molecule has 0 heteroatoms. The zero-order valence-corrected chi connectivity index (χ0v) is 15.5. The predicted octanol–water partition coefficient (Wildman–Crippen LogP) is 6.44. The number of hydrogen-bond acceptors (Lipinski definition) is 0. The largest absolute Gasteiger partial charge is 0.0622 e. The van der Waals surface area contributed by atoms with Crippen molar-refractivity contribution >= 4 is 11.1 Å². The normalized spacial score (nSPS) is 13.3. The highest BCUT2D eigenvalue weighted by atomic mass is 14.3. The fourth-order valence-corrected chi connectivity index (χ4v) is 4.17. The standard InChI is InChI=1S/C25H24/c1-16-17(2)19(4)24-22(18(16)3)15-23(20-11-7-5-8-12-20)25(24)21-13-9-6-10-14-21/h5-14H,15H2,1-4H3. The molecule has 0 spiro atoms. The summed E-state index contributed by atoms with van der Waals surface area (Å²) < 4.78 is 0. The van der Waals surface area contributed by atoms with Crippen LogP contribution in [0.25, 0.3) is 11.1 Å². The van der Waals surface area contributed by atoms with E-state index in [9.17, 15) is 0 Å². The van der Waals surface area contributed by atoms with Crippen LogP contribution in [0.3, 0.4) is 0 Å². The van der Waals surface area contributed by atoms with Crippen LogP contribution in [-0.4, -0.2) is 0 Å². The summed E-state index contributed by atoms with van der Waals surface area (Å²) in [4.78, 5) is 0. The van der Waals surface area contributed by atoms with Crippen molar-refractivity contribution in [1.82, 2.24) is 0 Å². The summed E-state index contributed by atoms with van der Waals surface area (Å²) in [7, 11) is 0. The van der Waals surface area contributed by atoms with Gasteiger partial charge in [0.05, 0.1) is 0 Å². The molecule has 0 N–H and O–H groups in total. The number of hydrogen-bond donors (Lipinski definition) is 0. The molecule has 0 amide bonds. The van der Waals surface area contributed by atoms with Gasteiger partial charge >= 0.3 is 0 Å². The van der Waals surface area contributed by atoms with Crippen LogP contribution in [0.4, 0.5) is 0 Å². The molecule has 4 rings (SSSR count). The van der Waals surface area contributed by atoms with Gasteiger partial charge in [-0.05, 0) is 89.8 Å². The molecule has 0 atom stereocenters. The highest BCUT2D eigenvalue weighted by molar-refractivity contribution is 6.05. The summed E-state index contributed by atoms with van der Waals surface area (Å²) in [5.74, 6) is 0. The third-order valence-corrected chi connectivity index (χ3v) is 5.91. The predicted molar refractivity (Wildman–Crippen MR) is 108 cm³/mol. The van der Waals surface area contributed by atoms with Crippen LogP contribution in [0.5, 0.6) is 0 Å². The van der Waals surface area contributed by atoms with Crippen LogP contribution in [0, 0.1) is 27.7 Å². The van der Waals surface area contributed by atoms with Crippen molar-refractivity contribution in [3.63, 3.8) is 0 Å². The van der Waals surface area contributed by atoms with E-state index >= 15 is 0 Å². The van der Waals surface area contributed by atoms with E-state index in [-0.39, 0.29) is 0 Å². The second kappa shape index (κ2) is 6.04. The van der Waals surface area contributed by atoms with Crippen molar-refractivity contribution in [2.75, 3.05) is 0 Å². The first-order valence-corrected chi connectivity index (χ1v) is 9.03. The molecule has 1 aliphatic rings. The lowest BCUT2D eigenvalue weighted by Crippen LogP contribution is -2.01. The number of benzene rings is 3. The minimum absolute atomic E-state index is 1.03. The maximum absolute atomic E-state index is 2.29. The molecule has 0 bridgehead atoms. The van der Waals surface area contributed by atoms with Gasteiger partial charge in [0.1, 0.15) is 0 Å². The molecule has 0 saturated carbocycles. The molecule has 25 heavy (non-hydrogen) atoms. The van der Waals surface area contributed by atoms with Crippen molar-refractivity contribution in [3.8, 4) is 0 Å². The molecule has 3 aromatic carbocycles. The van der Waals surface area contributed by atoms with E-state index in [1.165, 1.54) is 55.7 Å². The number of fused-ring (bicyclic) bond motifs is 1. The van der Waals surface area contributed by atoms with Gasteiger partial charge in [-0.25, -0.2) is 0 Å². The second-order valence-corrected chi connectivity index (χ2v) is 7.12. The molecule has 0 aromatic heterocycles. The van der Waals surface area contributed by atoms with Crippen LogP contribution in [-0.2, 0) is 6.42 Å². The lowest BCUT2D eigenvalue weighted by atomic mass is 9.86. The third kappa shape index (κ3) is 2.44. The van der Waals surface area contributed by atoms with Gasteiger partial charge in [-0.1, -0.05) is 60.7 Å². The second-order valence-electron chi connectivity index (χ2n) is 7.12. The fourth-order valence-electron chi connectivity index (χ4n) is 4.17. The Bertz CT molecular complexity index is 974. The first-order chi connectivity index (χ1) is 12.1. The number of rotatable bonds is 2. The Labute approximate surface area is 150 Å². The van der Waals surface area contributed by atoms with Crippen LogP contribution >= 0.6 is 0 Å². The zero-order valence-electron chi connectivity index (χ0n) is 15.5. The van der Waals surface area contributed by atoms with Crippen LogP contribution in [0.2, 0.25) is 0 Å². The van der Waals surface area contributed by atoms with Crippen molar-refractivity contribution < 1.29 is 0 Å². The smallest absolute Gasteiger partial charge is 0.000445 e. The average Bonchev–Trinajstić information content (AvgIpc) is 3.07. The molecule has 0 saturated heterocycles. The quantitative estimate of drug-likeness (QED) is 0.509. The SMILES string of the molecule is Cc1c(C)c(C)c2c(c1C)CC(c1ccccc1)=C2c1ccccc1. The molecule has 1 aliphatic carbocycles. The van der Waals surface area contributed by atoms with Crippen LogP contribution in [0.1, 0.15) is 44.5 Å². The van der Waals surface area contributed by atoms with Gasteiger partial charge in [0.2, 0.25) is 0 Å². The lowest BCUT2D eigenvalue weighted by Gasteiger charge is -2.18. The lowest BCUT2D eigenvalue weighted by molar-refractivity contribution is 1.14. The molecule has 124 valence electrons. The number of allylic oxidation sites excluding steroid dienone is 1. The van der Waals surface area contributed by atoms with Crippen molar-refractivity contribution in [2.45, 2.75) is 34.1 Å². The van der Waals surface area contributed by atoms with E-state index in [0.29, 0.717) is 0 Å². The van der Waals surface area contributed by atoms with Crippen LogP contribution < -0.4 is 0 Å². The Balaban J connectivity index is 2.07. The molecule has 0 unspecified atom stereocenters. The third-order valence-electron chi connectivity index (χ3n) is 5.91. The van der Waals surface area contributed by atoms with Crippen molar-refractivity contribution in [1.29, 1.82) is 0 Å². The molecule has 0 nitrogen and oxygen atoms in total. The Morgan fingerprint density at radius 1 is 0.560 bits per heavy atom. The van der Waals surface area contributed by atoms with Gasteiger partial charge in [0.25, 0.3) is 0 Å². The topological polar surface area (TPSA) is 0 Å². The van der Waals surface area contributed by atoms with Gasteiger partial charge in [0.15, 0.2) is 0 Å². The van der Waals surface area contributed by atoms with E-state index in [1.807, 2.05) is 0 Å². The summed E-state index contributed by atoms with van der Waals surface area (Å²) in [6.45, 7) is 9.11. The first kappa shape index (κ1) is 15.9. The van der Waals surface area contributed by atoms with Crippen molar-refractivity contribution in [3.05, 3.63) is 105 Å². The Morgan fingerprint density at radius 3 is 1.68 bits per heavy atom. The molecule has 0 aliphatic heterocycles. The van der Waals surface area contributed by atoms with Gasteiger partial charge < -0.3 is 0 Å². The van der Waals surface area contributed by atoms with Gasteiger partial charge in [0, 0.05) is 0 Å². The molecule has 0 heterocycles. The van der Waals surface area contributed by atoms with E-state index < -0.39 is 0 Å². The minimum atomic E-state index is 1.03. The summed E-state index contributed by atoms with van der Waals surface area (Å²) in [5.41, 5.74) is 14.3. The van der Waals surface area contributed by atoms with E-state index in [1.54, 1.807) is 0 Å². The van der Waals surface area contributed by atoms with Gasteiger partial charge in [-0.15, -0.1) is 0 Å². The fraction of sp³-hybridized carbons (Fsp3) is 0.200. The van der Waals surface area contributed by atoms with E-state index in [0.717, 1.165) is 6.42 Å². The Hall–Kier alpha value is -2.60. The molecule has 0 fully saturated rings. The minimum Gasteiger partial charge on any atom is -0.0622 e. The summed E-state index contributed by atoms with van der Waals surface area (Å²) in [5, 5.41) is 0. The monoisotopic (exact) mass is 324 g/mol. The summed E-state index contributed by atoms with van der Waals surface area (Å²) >= 11 is 0. The Morgan fingerprint density at radius 2 is 1.08 bits per heavy atom. The maximum atomic E-state index is 2.29. The van der Waals surface area contributed by atoms with Gasteiger partial charge in [-0.2, -0.15) is 0 Å². The Kier molecular flexibility index (Phi) is 3.84. The van der Waals surface area contributed by atoms with E-state index in [4.69, 9.17) is 0 Å². The van der Waals surface area contributed by atoms with Gasteiger partial charge in [-0.3, -0.25) is 0 Å². The maximum Gasteiger partial charge on any atom is -0.000445 e. The zero-order chi connectivity index (χ0) is 17.6. The highest BCUT2D eigenvalue weighted by Gasteiger charge is 2.28. The van der Waals surface area contributed by atoms with Crippen molar-refractivity contribution in [2.24, 2.45) is 0 Å². The van der Waals surface area contributed by atoms with Crippen LogP contribution in [0.15, 0.2) is 60.7 Å². The molecule has 3 aromatic rings. The molecular weight excluding hydrogens is 300 g/mol. The molecular formula is C25H24. The summed E-state index contributed by atoms with van der Waals surface area (Å²) in [6.07, 6.45) is 1.03. The summed E-state index contributed by atoms with van der Waals surface area (Å²) in [6, 6.07) is 21.8. The molecule has 0 radical (unpaired) electrons. The average molecular weight is 324 g/mol.